The third kappa shape index (κ3) is 3.78. The van der Waals surface area contributed by atoms with Gasteiger partial charge in [0.1, 0.15) is 5.82 Å². The summed E-state index contributed by atoms with van der Waals surface area (Å²) >= 11 is 6.08. The number of nitrogens with one attached hydrogen (secondary N) is 1. The van der Waals surface area contributed by atoms with Gasteiger partial charge < -0.3 is 5.32 Å². The number of pyridine rings is 1. The molecule has 1 aromatic heterocycles. The van der Waals surface area contributed by atoms with Crippen LogP contribution in [0.5, 0.6) is 0 Å². The van der Waals surface area contributed by atoms with Gasteiger partial charge in [0, 0.05) is 24.0 Å². The molecule has 0 aromatic carbocycles. The lowest BCUT2D eigenvalue weighted by atomic mass is 9.75. The topological polar surface area (TPSA) is 24.9 Å². The van der Waals surface area contributed by atoms with Gasteiger partial charge in [-0.05, 0) is 25.0 Å². The number of rotatable bonds is 4. The van der Waals surface area contributed by atoms with E-state index in [2.05, 4.69) is 10.3 Å². The molecule has 0 saturated heterocycles. The first-order chi connectivity index (χ1) is 9.45. The zero-order valence-corrected chi connectivity index (χ0v) is 11.9. The van der Waals surface area contributed by atoms with Crippen LogP contribution in [0.3, 0.4) is 0 Å². The van der Waals surface area contributed by atoms with E-state index in [1.165, 1.54) is 12.5 Å². The second-order valence-electron chi connectivity index (χ2n) is 5.48. The quantitative estimate of drug-likeness (QED) is 0.815. The Balaban J connectivity index is 1.96. The Kier molecular flexibility index (Phi) is 4.78. The summed E-state index contributed by atoms with van der Waals surface area (Å²) in [6.07, 6.45) is 2.19. The molecule has 20 heavy (non-hydrogen) atoms. The summed E-state index contributed by atoms with van der Waals surface area (Å²) in [6.45, 7) is 0.662. The first-order valence-corrected chi connectivity index (χ1v) is 7.32. The van der Waals surface area contributed by atoms with Gasteiger partial charge >= 0.3 is 6.18 Å². The molecule has 2 rings (SSSR count). The SMILES string of the molecule is FC(F)(F)c1ccc(NCC2(CCl)CCCCC2)nc1. The van der Waals surface area contributed by atoms with Crippen LogP contribution in [-0.2, 0) is 6.18 Å². The summed E-state index contributed by atoms with van der Waals surface area (Å²) in [7, 11) is 0. The lowest BCUT2D eigenvalue weighted by molar-refractivity contribution is -0.137. The maximum Gasteiger partial charge on any atom is 0.417 e. The Morgan fingerprint density at radius 3 is 2.40 bits per heavy atom. The highest BCUT2D eigenvalue weighted by Gasteiger charge is 2.32. The maximum absolute atomic E-state index is 12.4. The van der Waals surface area contributed by atoms with E-state index in [-0.39, 0.29) is 5.41 Å². The van der Waals surface area contributed by atoms with Crippen LogP contribution in [0.15, 0.2) is 18.3 Å². The van der Waals surface area contributed by atoms with E-state index < -0.39 is 11.7 Å². The molecule has 1 aliphatic rings. The molecule has 1 saturated carbocycles. The van der Waals surface area contributed by atoms with Gasteiger partial charge in [-0.2, -0.15) is 13.2 Å². The molecular weight excluding hydrogens is 289 g/mol. The first kappa shape index (κ1) is 15.4. The van der Waals surface area contributed by atoms with Crippen molar-refractivity contribution in [3.63, 3.8) is 0 Å². The lowest BCUT2D eigenvalue weighted by Crippen LogP contribution is -2.34. The molecular formula is C14H18ClF3N2. The minimum Gasteiger partial charge on any atom is -0.369 e. The molecule has 1 aromatic rings. The van der Waals surface area contributed by atoms with Gasteiger partial charge in [-0.25, -0.2) is 4.98 Å². The van der Waals surface area contributed by atoms with Crippen LogP contribution in [0.4, 0.5) is 19.0 Å². The van der Waals surface area contributed by atoms with Gasteiger partial charge in [0.15, 0.2) is 0 Å². The van der Waals surface area contributed by atoms with Crippen LogP contribution >= 0.6 is 11.6 Å². The van der Waals surface area contributed by atoms with Crippen molar-refractivity contribution >= 4 is 17.4 Å². The van der Waals surface area contributed by atoms with Gasteiger partial charge in [0.25, 0.3) is 0 Å². The van der Waals surface area contributed by atoms with Gasteiger partial charge in [0.05, 0.1) is 5.56 Å². The van der Waals surface area contributed by atoms with Crippen molar-refractivity contribution in [1.82, 2.24) is 4.98 Å². The molecule has 0 atom stereocenters. The average molecular weight is 307 g/mol. The van der Waals surface area contributed by atoms with Crippen LogP contribution in [0.1, 0.15) is 37.7 Å². The molecule has 1 N–H and O–H groups in total. The van der Waals surface area contributed by atoms with Crippen molar-refractivity contribution in [3.8, 4) is 0 Å². The summed E-state index contributed by atoms with van der Waals surface area (Å²) in [5.74, 6) is 1.04. The minimum absolute atomic E-state index is 0.0458. The molecule has 1 aliphatic carbocycles. The fraction of sp³-hybridized carbons (Fsp3) is 0.643. The van der Waals surface area contributed by atoms with E-state index in [1.807, 2.05) is 0 Å². The standard InChI is InChI=1S/C14H18ClF3N2/c15-9-13(6-2-1-3-7-13)10-20-12-5-4-11(8-19-12)14(16,17)18/h4-5,8H,1-3,6-7,9-10H2,(H,19,20). The van der Waals surface area contributed by atoms with Crippen molar-refractivity contribution in [2.24, 2.45) is 5.41 Å². The summed E-state index contributed by atoms with van der Waals surface area (Å²) in [4.78, 5) is 3.82. The molecule has 6 heteroatoms. The molecule has 1 heterocycles. The Hall–Kier alpha value is -0.970. The van der Waals surface area contributed by atoms with E-state index in [1.54, 1.807) is 0 Å². The number of aromatic nitrogens is 1. The zero-order valence-electron chi connectivity index (χ0n) is 11.1. The van der Waals surface area contributed by atoms with Gasteiger partial charge in [-0.1, -0.05) is 19.3 Å². The molecule has 112 valence electrons. The van der Waals surface area contributed by atoms with Crippen LogP contribution < -0.4 is 5.32 Å². The molecule has 2 nitrogen and oxygen atoms in total. The Bertz CT molecular complexity index is 425. The predicted molar refractivity (Wildman–Crippen MR) is 74.0 cm³/mol. The molecule has 0 unspecified atom stereocenters. The van der Waals surface area contributed by atoms with Crippen LogP contribution in [0.2, 0.25) is 0 Å². The largest absolute Gasteiger partial charge is 0.417 e. The second-order valence-corrected chi connectivity index (χ2v) is 5.74. The average Bonchev–Trinajstić information content (AvgIpc) is 2.46. The van der Waals surface area contributed by atoms with Gasteiger partial charge in [-0.3, -0.25) is 0 Å². The lowest BCUT2D eigenvalue weighted by Gasteiger charge is -2.35. The van der Waals surface area contributed by atoms with E-state index in [0.29, 0.717) is 18.2 Å². The Morgan fingerprint density at radius 2 is 1.90 bits per heavy atom. The molecule has 0 spiro atoms. The highest BCUT2D eigenvalue weighted by atomic mass is 35.5. The molecule has 0 radical (unpaired) electrons. The van der Waals surface area contributed by atoms with Crippen molar-refractivity contribution in [2.45, 2.75) is 38.3 Å². The number of nitrogens with zero attached hydrogens (tertiary/aromatic N) is 1. The summed E-state index contributed by atoms with van der Waals surface area (Å²) in [5, 5.41) is 3.12. The molecule has 1 fully saturated rings. The number of hydrogen-bond acceptors (Lipinski definition) is 2. The third-order valence-electron chi connectivity index (χ3n) is 3.93. The van der Waals surface area contributed by atoms with Gasteiger partial charge in [0.2, 0.25) is 0 Å². The molecule has 0 aliphatic heterocycles. The maximum atomic E-state index is 12.4. The third-order valence-corrected chi connectivity index (χ3v) is 4.50. The smallest absolute Gasteiger partial charge is 0.369 e. The summed E-state index contributed by atoms with van der Waals surface area (Å²) in [5.41, 5.74) is -0.683. The number of anilines is 1. The van der Waals surface area contributed by atoms with E-state index in [9.17, 15) is 13.2 Å². The Morgan fingerprint density at radius 1 is 1.20 bits per heavy atom. The normalized spacial score (nSPS) is 18.8. The van der Waals surface area contributed by atoms with Crippen molar-refractivity contribution in [1.29, 1.82) is 0 Å². The summed E-state index contributed by atoms with van der Waals surface area (Å²) in [6, 6.07) is 2.41. The van der Waals surface area contributed by atoms with Crippen molar-refractivity contribution in [3.05, 3.63) is 23.9 Å². The fourth-order valence-corrected chi connectivity index (χ4v) is 2.97. The predicted octanol–water partition coefficient (Wildman–Crippen LogP) is 4.70. The monoisotopic (exact) mass is 306 g/mol. The van der Waals surface area contributed by atoms with Crippen LogP contribution in [0.25, 0.3) is 0 Å². The minimum atomic E-state index is -4.34. The summed E-state index contributed by atoms with van der Waals surface area (Å²) < 4.78 is 37.3. The van der Waals surface area contributed by atoms with Crippen LogP contribution in [-0.4, -0.2) is 17.4 Å². The first-order valence-electron chi connectivity index (χ1n) is 6.78. The van der Waals surface area contributed by atoms with Crippen LogP contribution in [0, 0.1) is 5.41 Å². The number of halogens is 4. The second kappa shape index (κ2) is 6.20. The van der Waals surface area contributed by atoms with E-state index in [0.717, 1.165) is 37.9 Å². The Labute approximate surface area is 121 Å². The van der Waals surface area contributed by atoms with Gasteiger partial charge in [-0.15, -0.1) is 11.6 Å². The molecule has 0 amide bonds. The van der Waals surface area contributed by atoms with Crippen molar-refractivity contribution in [2.75, 3.05) is 17.7 Å². The fourth-order valence-electron chi connectivity index (χ4n) is 2.60. The highest BCUT2D eigenvalue weighted by Crippen LogP contribution is 2.37. The highest BCUT2D eigenvalue weighted by molar-refractivity contribution is 6.18. The molecule has 0 bridgehead atoms. The number of alkyl halides is 4. The zero-order chi connectivity index (χ0) is 14.6. The van der Waals surface area contributed by atoms with E-state index in [4.69, 9.17) is 11.6 Å². The van der Waals surface area contributed by atoms with E-state index >= 15 is 0 Å². The number of hydrogen-bond donors (Lipinski definition) is 1. The van der Waals surface area contributed by atoms with Crippen molar-refractivity contribution < 1.29 is 13.2 Å².